The van der Waals surface area contributed by atoms with Crippen LogP contribution >= 0.6 is 11.6 Å². The fourth-order valence-corrected chi connectivity index (χ4v) is 3.06. The molecule has 0 aliphatic carbocycles. The molecule has 0 unspecified atom stereocenters. The lowest BCUT2D eigenvalue weighted by Gasteiger charge is -2.34. The maximum absolute atomic E-state index is 12.4. The Morgan fingerprint density at radius 1 is 1.04 bits per heavy atom. The van der Waals surface area contributed by atoms with Crippen LogP contribution in [0.15, 0.2) is 48.5 Å². The first kappa shape index (κ1) is 16.8. The van der Waals surface area contributed by atoms with Crippen molar-refractivity contribution in [2.45, 2.75) is 13.5 Å². The van der Waals surface area contributed by atoms with Gasteiger partial charge in [-0.15, -0.1) is 0 Å². The second-order valence-electron chi connectivity index (χ2n) is 6.09. The number of carbonyl (C=O) groups is 1. The van der Waals surface area contributed by atoms with E-state index in [-0.39, 0.29) is 6.03 Å². The summed E-state index contributed by atoms with van der Waals surface area (Å²) in [4.78, 5) is 16.7. The number of nitrogens with one attached hydrogen (secondary N) is 1. The number of rotatable bonds is 3. The van der Waals surface area contributed by atoms with Gasteiger partial charge in [0.2, 0.25) is 0 Å². The van der Waals surface area contributed by atoms with Crippen LogP contribution in [0.25, 0.3) is 0 Å². The molecule has 1 fully saturated rings. The highest BCUT2D eigenvalue weighted by Crippen LogP contribution is 2.23. The molecule has 0 atom stereocenters. The number of amides is 2. The van der Waals surface area contributed by atoms with Gasteiger partial charge in [0.25, 0.3) is 0 Å². The van der Waals surface area contributed by atoms with Crippen molar-refractivity contribution in [2.75, 3.05) is 31.5 Å². The lowest BCUT2D eigenvalue weighted by molar-refractivity contribution is 0.143. The normalized spacial score (nSPS) is 15.3. The molecule has 1 aliphatic heterocycles. The van der Waals surface area contributed by atoms with Gasteiger partial charge >= 0.3 is 6.03 Å². The Bertz CT molecular complexity index is 697. The van der Waals surface area contributed by atoms with Crippen molar-refractivity contribution in [1.82, 2.24) is 9.80 Å². The summed E-state index contributed by atoms with van der Waals surface area (Å²) in [5.41, 5.74) is 2.99. The van der Waals surface area contributed by atoms with Gasteiger partial charge in [0.1, 0.15) is 0 Å². The van der Waals surface area contributed by atoms with Crippen molar-refractivity contribution >= 4 is 23.3 Å². The minimum Gasteiger partial charge on any atom is -0.322 e. The molecule has 5 heteroatoms. The summed E-state index contributed by atoms with van der Waals surface area (Å²) < 4.78 is 0. The predicted octanol–water partition coefficient (Wildman–Crippen LogP) is 4.00. The van der Waals surface area contributed by atoms with Crippen molar-refractivity contribution in [2.24, 2.45) is 0 Å². The maximum atomic E-state index is 12.4. The highest BCUT2D eigenvalue weighted by molar-refractivity contribution is 6.31. The zero-order valence-corrected chi connectivity index (χ0v) is 14.6. The molecule has 1 heterocycles. The molecule has 2 aromatic carbocycles. The van der Waals surface area contributed by atoms with Gasteiger partial charge in [0.05, 0.1) is 0 Å². The van der Waals surface area contributed by atoms with E-state index in [2.05, 4.69) is 34.5 Å². The summed E-state index contributed by atoms with van der Waals surface area (Å²) in [6.07, 6.45) is 0. The van der Waals surface area contributed by atoms with E-state index in [1.165, 1.54) is 5.56 Å². The lowest BCUT2D eigenvalue weighted by atomic mass is 10.2. The first-order chi connectivity index (χ1) is 11.6. The summed E-state index contributed by atoms with van der Waals surface area (Å²) >= 11 is 6.11. The number of anilines is 1. The third-order valence-electron chi connectivity index (χ3n) is 4.42. The Kier molecular flexibility index (Phi) is 5.38. The molecule has 2 amide bonds. The van der Waals surface area contributed by atoms with Gasteiger partial charge < -0.3 is 10.2 Å². The fraction of sp³-hybridized carbons (Fsp3) is 0.316. The Morgan fingerprint density at radius 2 is 1.75 bits per heavy atom. The predicted molar refractivity (Wildman–Crippen MR) is 98.5 cm³/mol. The van der Waals surface area contributed by atoms with Gasteiger partial charge in [0.15, 0.2) is 0 Å². The number of piperazine rings is 1. The molecule has 4 nitrogen and oxygen atoms in total. The van der Waals surface area contributed by atoms with Crippen LogP contribution in [0.4, 0.5) is 10.5 Å². The van der Waals surface area contributed by atoms with Crippen LogP contribution in [0.3, 0.4) is 0 Å². The maximum Gasteiger partial charge on any atom is 0.321 e. The number of halogens is 1. The number of hydrogen-bond acceptors (Lipinski definition) is 2. The highest BCUT2D eigenvalue weighted by atomic mass is 35.5. The monoisotopic (exact) mass is 343 g/mol. The number of urea groups is 1. The average molecular weight is 344 g/mol. The van der Waals surface area contributed by atoms with Gasteiger partial charge in [-0.1, -0.05) is 48.0 Å². The number of nitrogens with zero attached hydrogens (tertiary/aromatic N) is 2. The van der Waals surface area contributed by atoms with E-state index in [1.807, 2.05) is 36.1 Å². The molecule has 126 valence electrons. The van der Waals surface area contributed by atoms with Crippen LogP contribution in [-0.2, 0) is 6.54 Å². The topological polar surface area (TPSA) is 35.6 Å². The number of carbonyl (C=O) groups excluding carboxylic acids is 1. The molecule has 1 aliphatic rings. The average Bonchev–Trinajstić information content (AvgIpc) is 2.60. The van der Waals surface area contributed by atoms with Crippen molar-refractivity contribution in [3.63, 3.8) is 0 Å². The summed E-state index contributed by atoms with van der Waals surface area (Å²) in [5, 5.41) is 3.64. The molecule has 0 spiro atoms. The Balaban J connectivity index is 1.52. The minimum atomic E-state index is -0.0558. The van der Waals surface area contributed by atoms with Gasteiger partial charge in [-0.05, 0) is 30.2 Å². The van der Waals surface area contributed by atoms with Gasteiger partial charge in [-0.25, -0.2) is 4.79 Å². The van der Waals surface area contributed by atoms with E-state index in [9.17, 15) is 4.79 Å². The zero-order chi connectivity index (χ0) is 16.9. The van der Waals surface area contributed by atoms with Crippen LogP contribution < -0.4 is 5.32 Å². The second-order valence-corrected chi connectivity index (χ2v) is 6.50. The lowest BCUT2D eigenvalue weighted by Crippen LogP contribution is -2.49. The van der Waals surface area contributed by atoms with Gasteiger partial charge in [0, 0.05) is 43.4 Å². The standard InChI is InChI=1S/C19H22ClN3O/c1-15-17(20)8-5-9-18(15)21-19(24)23-12-10-22(11-13-23)14-16-6-3-2-4-7-16/h2-9H,10-14H2,1H3,(H,21,24). The van der Waals surface area contributed by atoms with E-state index in [0.717, 1.165) is 44.0 Å². The molecule has 2 aromatic rings. The smallest absolute Gasteiger partial charge is 0.321 e. The molecule has 1 saturated heterocycles. The first-order valence-electron chi connectivity index (χ1n) is 8.21. The quantitative estimate of drug-likeness (QED) is 0.914. The second kappa shape index (κ2) is 7.69. The van der Waals surface area contributed by atoms with Crippen molar-refractivity contribution < 1.29 is 4.79 Å². The number of hydrogen-bond donors (Lipinski definition) is 1. The molecule has 0 aromatic heterocycles. The zero-order valence-electron chi connectivity index (χ0n) is 13.8. The molecule has 1 N–H and O–H groups in total. The molecule has 0 saturated carbocycles. The molecular weight excluding hydrogens is 322 g/mol. The third-order valence-corrected chi connectivity index (χ3v) is 4.83. The Labute approximate surface area is 148 Å². The van der Waals surface area contributed by atoms with Crippen LogP contribution in [0.2, 0.25) is 5.02 Å². The molecule has 24 heavy (non-hydrogen) atoms. The Hall–Kier alpha value is -2.04. The number of benzene rings is 2. The van der Waals surface area contributed by atoms with Crippen LogP contribution in [0.5, 0.6) is 0 Å². The van der Waals surface area contributed by atoms with Crippen LogP contribution in [0.1, 0.15) is 11.1 Å². The van der Waals surface area contributed by atoms with Crippen molar-refractivity contribution in [1.29, 1.82) is 0 Å². The summed E-state index contributed by atoms with van der Waals surface area (Å²) in [7, 11) is 0. The SMILES string of the molecule is Cc1c(Cl)cccc1NC(=O)N1CCN(Cc2ccccc2)CC1. The van der Waals surface area contributed by atoms with Crippen molar-refractivity contribution in [3.8, 4) is 0 Å². The fourth-order valence-electron chi connectivity index (χ4n) is 2.89. The first-order valence-corrected chi connectivity index (χ1v) is 8.58. The van der Waals surface area contributed by atoms with Gasteiger partial charge in [-0.2, -0.15) is 0 Å². The van der Waals surface area contributed by atoms with E-state index in [4.69, 9.17) is 11.6 Å². The van der Waals surface area contributed by atoms with Crippen LogP contribution in [0, 0.1) is 6.92 Å². The van der Waals surface area contributed by atoms with E-state index in [0.29, 0.717) is 5.02 Å². The summed E-state index contributed by atoms with van der Waals surface area (Å²) in [5.74, 6) is 0. The Morgan fingerprint density at radius 3 is 2.46 bits per heavy atom. The highest BCUT2D eigenvalue weighted by Gasteiger charge is 2.21. The molecule has 0 radical (unpaired) electrons. The minimum absolute atomic E-state index is 0.0558. The van der Waals surface area contributed by atoms with E-state index >= 15 is 0 Å². The van der Waals surface area contributed by atoms with E-state index < -0.39 is 0 Å². The van der Waals surface area contributed by atoms with E-state index in [1.54, 1.807) is 0 Å². The molecular formula is C19H22ClN3O. The summed E-state index contributed by atoms with van der Waals surface area (Å²) in [6, 6.07) is 15.9. The molecule has 0 bridgehead atoms. The third kappa shape index (κ3) is 4.08. The van der Waals surface area contributed by atoms with Gasteiger partial charge in [-0.3, -0.25) is 4.90 Å². The summed E-state index contributed by atoms with van der Waals surface area (Å²) in [6.45, 7) is 6.09. The largest absolute Gasteiger partial charge is 0.322 e. The van der Waals surface area contributed by atoms with Crippen LogP contribution in [-0.4, -0.2) is 42.0 Å². The molecule has 3 rings (SSSR count). The van der Waals surface area contributed by atoms with Crippen molar-refractivity contribution in [3.05, 3.63) is 64.7 Å².